The number of aromatic nitrogens is 2. The predicted octanol–water partition coefficient (Wildman–Crippen LogP) is 0.242. The monoisotopic (exact) mass is 277 g/mol. The van der Waals surface area contributed by atoms with Gasteiger partial charge in [0.2, 0.25) is 11.8 Å². The Balaban J connectivity index is 2.41. The molecule has 0 aliphatic carbocycles. The van der Waals surface area contributed by atoms with E-state index in [-0.39, 0.29) is 24.9 Å². The summed E-state index contributed by atoms with van der Waals surface area (Å²) in [5.41, 5.74) is 0.853. The average Bonchev–Trinajstić information content (AvgIpc) is 2.40. The summed E-state index contributed by atoms with van der Waals surface area (Å²) in [6.45, 7) is 6.88. The van der Waals surface area contributed by atoms with E-state index in [1.54, 1.807) is 4.90 Å². The summed E-state index contributed by atoms with van der Waals surface area (Å²) in [6, 6.07) is 0. The molecule has 1 aromatic rings. The summed E-state index contributed by atoms with van der Waals surface area (Å²) in [7, 11) is 0. The molecule has 0 unspecified atom stereocenters. The van der Waals surface area contributed by atoms with Crippen molar-refractivity contribution in [3.05, 3.63) is 11.4 Å². The lowest BCUT2D eigenvalue weighted by Crippen LogP contribution is -2.52. The third kappa shape index (κ3) is 2.87. The molecule has 20 heavy (non-hydrogen) atoms. The minimum Gasteiger partial charge on any atom is -0.370 e. The minimum atomic E-state index is -0.303. The molecule has 2 amide bonds. The van der Waals surface area contributed by atoms with E-state index in [1.807, 2.05) is 20.8 Å². The SMILES string of the molecule is CCNc1nc(CC)nc(N2CC(=O)NC(=O)C2)c1C. The first-order valence-corrected chi connectivity index (χ1v) is 6.74. The van der Waals surface area contributed by atoms with E-state index in [0.29, 0.717) is 18.1 Å². The Morgan fingerprint density at radius 1 is 1.20 bits per heavy atom. The zero-order valence-corrected chi connectivity index (χ0v) is 12.0. The van der Waals surface area contributed by atoms with Gasteiger partial charge in [-0.15, -0.1) is 0 Å². The Labute approximate surface area is 117 Å². The summed E-state index contributed by atoms with van der Waals surface area (Å²) in [5.74, 6) is 1.49. The molecule has 1 saturated heterocycles. The van der Waals surface area contributed by atoms with Gasteiger partial charge in [0, 0.05) is 18.5 Å². The van der Waals surface area contributed by atoms with Crippen LogP contribution in [0, 0.1) is 6.92 Å². The number of aryl methyl sites for hydroxylation is 1. The fourth-order valence-corrected chi connectivity index (χ4v) is 2.14. The minimum absolute atomic E-state index is 0.137. The number of piperazine rings is 1. The van der Waals surface area contributed by atoms with Crippen molar-refractivity contribution in [1.29, 1.82) is 0 Å². The number of rotatable bonds is 4. The average molecular weight is 277 g/mol. The van der Waals surface area contributed by atoms with Crippen LogP contribution in [0.4, 0.5) is 11.6 Å². The predicted molar refractivity (Wildman–Crippen MR) is 75.7 cm³/mol. The molecule has 0 radical (unpaired) electrons. The summed E-state index contributed by atoms with van der Waals surface area (Å²) in [5, 5.41) is 5.48. The van der Waals surface area contributed by atoms with Gasteiger partial charge in [-0.05, 0) is 13.8 Å². The number of amides is 2. The Hall–Kier alpha value is -2.18. The molecular formula is C13H19N5O2. The van der Waals surface area contributed by atoms with E-state index < -0.39 is 0 Å². The Morgan fingerprint density at radius 3 is 2.40 bits per heavy atom. The van der Waals surface area contributed by atoms with Gasteiger partial charge in [0.05, 0.1) is 13.1 Å². The molecule has 1 aromatic heterocycles. The van der Waals surface area contributed by atoms with Gasteiger partial charge in [0.1, 0.15) is 17.5 Å². The third-order valence-electron chi connectivity index (χ3n) is 3.07. The van der Waals surface area contributed by atoms with Crippen LogP contribution in [0.25, 0.3) is 0 Å². The van der Waals surface area contributed by atoms with Gasteiger partial charge in [-0.1, -0.05) is 6.92 Å². The van der Waals surface area contributed by atoms with Crippen molar-refractivity contribution in [3.8, 4) is 0 Å². The smallest absolute Gasteiger partial charge is 0.246 e. The largest absolute Gasteiger partial charge is 0.370 e. The van der Waals surface area contributed by atoms with Gasteiger partial charge < -0.3 is 10.2 Å². The molecule has 108 valence electrons. The fraction of sp³-hybridized carbons (Fsp3) is 0.538. The summed E-state index contributed by atoms with van der Waals surface area (Å²) >= 11 is 0. The number of nitrogens with zero attached hydrogens (tertiary/aromatic N) is 3. The van der Waals surface area contributed by atoms with Gasteiger partial charge in [0.25, 0.3) is 0 Å². The number of hydrogen-bond acceptors (Lipinski definition) is 6. The van der Waals surface area contributed by atoms with E-state index >= 15 is 0 Å². The van der Waals surface area contributed by atoms with Gasteiger partial charge in [0.15, 0.2) is 0 Å². The fourth-order valence-electron chi connectivity index (χ4n) is 2.14. The topological polar surface area (TPSA) is 87.2 Å². The molecule has 1 aliphatic rings. The number of carbonyl (C=O) groups excluding carboxylic acids is 2. The van der Waals surface area contributed by atoms with Gasteiger partial charge >= 0.3 is 0 Å². The molecule has 0 bridgehead atoms. The lowest BCUT2D eigenvalue weighted by molar-refractivity contribution is -0.130. The van der Waals surface area contributed by atoms with Crippen molar-refractivity contribution in [3.63, 3.8) is 0 Å². The first kappa shape index (κ1) is 14.2. The second-order valence-electron chi connectivity index (χ2n) is 4.65. The Kier molecular flexibility index (Phi) is 4.16. The molecule has 7 nitrogen and oxygen atoms in total. The molecule has 0 saturated carbocycles. The lowest BCUT2D eigenvalue weighted by Gasteiger charge is -2.28. The zero-order valence-electron chi connectivity index (χ0n) is 12.0. The summed E-state index contributed by atoms with van der Waals surface area (Å²) in [4.78, 5) is 33.6. The van der Waals surface area contributed by atoms with Crippen molar-refractivity contribution >= 4 is 23.5 Å². The van der Waals surface area contributed by atoms with Gasteiger partial charge in [-0.2, -0.15) is 0 Å². The van der Waals surface area contributed by atoms with Crippen LogP contribution in [-0.4, -0.2) is 41.4 Å². The first-order valence-electron chi connectivity index (χ1n) is 6.74. The van der Waals surface area contributed by atoms with Crippen LogP contribution in [0.2, 0.25) is 0 Å². The molecule has 0 aromatic carbocycles. The van der Waals surface area contributed by atoms with Crippen molar-refractivity contribution in [1.82, 2.24) is 15.3 Å². The van der Waals surface area contributed by atoms with E-state index in [4.69, 9.17) is 0 Å². The van der Waals surface area contributed by atoms with Crippen LogP contribution < -0.4 is 15.5 Å². The molecule has 7 heteroatoms. The number of hydrogen-bond donors (Lipinski definition) is 2. The van der Waals surface area contributed by atoms with Gasteiger partial charge in [-0.25, -0.2) is 9.97 Å². The van der Waals surface area contributed by atoms with Gasteiger partial charge in [-0.3, -0.25) is 14.9 Å². The highest BCUT2D eigenvalue weighted by molar-refractivity contribution is 6.02. The second-order valence-corrected chi connectivity index (χ2v) is 4.65. The molecule has 1 fully saturated rings. The van der Waals surface area contributed by atoms with Crippen LogP contribution in [0.5, 0.6) is 0 Å². The number of nitrogens with one attached hydrogen (secondary N) is 2. The van der Waals surface area contributed by atoms with Crippen molar-refractivity contribution < 1.29 is 9.59 Å². The highest BCUT2D eigenvalue weighted by Gasteiger charge is 2.26. The number of carbonyl (C=O) groups is 2. The molecule has 2 rings (SSSR count). The summed E-state index contributed by atoms with van der Waals surface area (Å²) in [6.07, 6.45) is 0.694. The highest BCUT2D eigenvalue weighted by Crippen LogP contribution is 2.24. The van der Waals surface area contributed by atoms with E-state index in [9.17, 15) is 9.59 Å². The third-order valence-corrected chi connectivity index (χ3v) is 3.07. The lowest BCUT2D eigenvalue weighted by atomic mass is 10.2. The molecule has 0 atom stereocenters. The van der Waals surface area contributed by atoms with E-state index in [0.717, 1.165) is 17.9 Å². The molecule has 0 spiro atoms. The number of imide groups is 1. The molecular weight excluding hydrogens is 258 g/mol. The van der Waals surface area contributed by atoms with Crippen LogP contribution in [0.3, 0.4) is 0 Å². The normalized spacial score (nSPS) is 15.2. The van der Waals surface area contributed by atoms with Crippen molar-refractivity contribution in [2.24, 2.45) is 0 Å². The maximum Gasteiger partial charge on any atom is 0.246 e. The Bertz CT molecular complexity index is 528. The van der Waals surface area contributed by atoms with E-state index in [2.05, 4.69) is 20.6 Å². The van der Waals surface area contributed by atoms with Crippen LogP contribution in [0.1, 0.15) is 25.2 Å². The van der Waals surface area contributed by atoms with Crippen molar-refractivity contribution in [2.45, 2.75) is 27.2 Å². The maximum atomic E-state index is 11.5. The standard InChI is InChI=1S/C13H19N5O2/c1-4-9-15-12(14-5-2)8(3)13(16-9)18-6-10(19)17-11(20)7-18/h4-7H2,1-3H3,(H,14,15,16)(H,17,19,20). The van der Waals surface area contributed by atoms with E-state index in [1.165, 1.54) is 0 Å². The quantitative estimate of drug-likeness (QED) is 0.767. The maximum absolute atomic E-state index is 11.5. The van der Waals surface area contributed by atoms with Crippen LogP contribution in [-0.2, 0) is 16.0 Å². The van der Waals surface area contributed by atoms with Crippen molar-refractivity contribution in [2.75, 3.05) is 29.9 Å². The zero-order chi connectivity index (χ0) is 14.7. The highest BCUT2D eigenvalue weighted by atomic mass is 16.2. The Morgan fingerprint density at radius 2 is 1.85 bits per heavy atom. The van der Waals surface area contributed by atoms with Crippen LogP contribution >= 0.6 is 0 Å². The molecule has 1 aliphatic heterocycles. The second kappa shape index (κ2) is 5.85. The first-order chi connectivity index (χ1) is 9.55. The van der Waals surface area contributed by atoms with Crippen LogP contribution in [0.15, 0.2) is 0 Å². The number of anilines is 2. The molecule has 2 heterocycles. The summed E-state index contributed by atoms with van der Waals surface area (Å²) < 4.78 is 0. The molecule has 2 N–H and O–H groups in total.